The molecule has 102 valence electrons. The maximum Gasteiger partial charge on any atom is 0.224 e. The van der Waals surface area contributed by atoms with Crippen molar-refractivity contribution in [1.29, 1.82) is 0 Å². The molecule has 1 rings (SSSR count). The maximum absolute atomic E-state index is 12.6. The predicted molar refractivity (Wildman–Crippen MR) is 70.4 cm³/mol. The molecule has 1 atom stereocenters. The van der Waals surface area contributed by atoms with E-state index in [2.05, 4.69) is 5.32 Å². The van der Waals surface area contributed by atoms with Crippen molar-refractivity contribution in [3.8, 4) is 5.75 Å². The van der Waals surface area contributed by atoms with Crippen molar-refractivity contribution in [3.63, 3.8) is 0 Å². The second-order valence-corrected chi connectivity index (χ2v) is 3.73. The fourth-order valence-electron chi connectivity index (χ4n) is 1.16. The third-order valence-electron chi connectivity index (χ3n) is 2.28. The largest absolute Gasteiger partial charge is 0.492 e. The van der Waals surface area contributed by atoms with Crippen LogP contribution in [0.1, 0.15) is 6.92 Å². The van der Waals surface area contributed by atoms with E-state index in [0.717, 1.165) is 0 Å². The summed E-state index contributed by atoms with van der Waals surface area (Å²) in [5.74, 6) is -0.00836. The average Bonchev–Trinajstić information content (AvgIpc) is 2.35. The molecule has 0 aliphatic carbocycles. The molecule has 0 fully saturated rings. The number of carbonyl (C=O) groups is 1. The Kier molecular flexibility index (Phi) is 8.07. The standard InChI is InChI=1S/C12H17FN2O2.ClH/c1-9(8-14)12(16)15-6-7-17-11-4-2-10(13)3-5-11;/h2-5,9H,6-8,14H2,1H3,(H,15,16);1H. The topological polar surface area (TPSA) is 64.4 Å². The van der Waals surface area contributed by atoms with Crippen LogP contribution in [0, 0.1) is 11.7 Å². The number of nitrogens with two attached hydrogens (primary N) is 1. The lowest BCUT2D eigenvalue weighted by Gasteiger charge is -2.10. The molecule has 0 aliphatic rings. The smallest absolute Gasteiger partial charge is 0.224 e. The van der Waals surface area contributed by atoms with Gasteiger partial charge in [0.15, 0.2) is 0 Å². The molecule has 0 spiro atoms. The molecule has 0 heterocycles. The second-order valence-electron chi connectivity index (χ2n) is 3.73. The van der Waals surface area contributed by atoms with Gasteiger partial charge in [-0.2, -0.15) is 0 Å². The highest BCUT2D eigenvalue weighted by Crippen LogP contribution is 2.10. The Hall–Kier alpha value is -1.33. The monoisotopic (exact) mass is 276 g/mol. The maximum atomic E-state index is 12.6. The van der Waals surface area contributed by atoms with E-state index in [1.54, 1.807) is 19.1 Å². The van der Waals surface area contributed by atoms with Gasteiger partial charge in [-0.1, -0.05) is 6.92 Å². The van der Waals surface area contributed by atoms with E-state index in [-0.39, 0.29) is 30.0 Å². The van der Waals surface area contributed by atoms with Crippen molar-refractivity contribution in [3.05, 3.63) is 30.1 Å². The van der Waals surface area contributed by atoms with Crippen LogP contribution in [-0.2, 0) is 4.79 Å². The average molecular weight is 277 g/mol. The summed E-state index contributed by atoms with van der Waals surface area (Å²) in [4.78, 5) is 11.3. The minimum absolute atomic E-state index is 0. The molecule has 1 aromatic carbocycles. The molecule has 0 bridgehead atoms. The summed E-state index contributed by atoms with van der Waals surface area (Å²) in [6.45, 7) is 2.83. The van der Waals surface area contributed by atoms with Gasteiger partial charge in [0.25, 0.3) is 0 Å². The van der Waals surface area contributed by atoms with Crippen LogP contribution in [0.4, 0.5) is 4.39 Å². The third kappa shape index (κ3) is 5.84. The van der Waals surface area contributed by atoms with Crippen molar-refractivity contribution < 1.29 is 13.9 Å². The Morgan fingerprint density at radius 2 is 2.06 bits per heavy atom. The minimum Gasteiger partial charge on any atom is -0.492 e. The van der Waals surface area contributed by atoms with Crippen LogP contribution in [0.15, 0.2) is 24.3 Å². The van der Waals surface area contributed by atoms with Gasteiger partial charge >= 0.3 is 0 Å². The number of amides is 1. The first kappa shape index (κ1) is 16.7. The summed E-state index contributed by atoms with van der Waals surface area (Å²) >= 11 is 0. The Morgan fingerprint density at radius 1 is 1.44 bits per heavy atom. The number of ether oxygens (including phenoxy) is 1. The first-order valence-electron chi connectivity index (χ1n) is 5.49. The molecule has 0 aliphatic heterocycles. The summed E-state index contributed by atoms with van der Waals surface area (Å²) in [6, 6.07) is 5.73. The number of nitrogens with one attached hydrogen (secondary N) is 1. The zero-order chi connectivity index (χ0) is 12.7. The molecule has 0 radical (unpaired) electrons. The van der Waals surface area contributed by atoms with Crippen molar-refractivity contribution in [1.82, 2.24) is 5.32 Å². The highest BCUT2D eigenvalue weighted by atomic mass is 35.5. The molecular formula is C12H18ClFN2O2. The molecule has 0 saturated carbocycles. The zero-order valence-electron chi connectivity index (χ0n) is 10.2. The predicted octanol–water partition coefficient (Wildman–Crippen LogP) is 1.34. The van der Waals surface area contributed by atoms with E-state index in [4.69, 9.17) is 10.5 Å². The van der Waals surface area contributed by atoms with Crippen molar-refractivity contribution >= 4 is 18.3 Å². The molecular weight excluding hydrogens is 259 g/mol. The van der Waals surface area contributed by atoms with Crippen molar-refractivity contribution in [2.75, 3.05) is 19.7 Å². The summed E-state index contributed by atoms with van der Waals surface area (Å²) in [5, 5.41) is 2.70. The second kappa shape index (κ2) is 8.72. The fraction of sp³-hybridized carbons (Fsp3) is 0.417. The van der Waals surface area contributed by atoms with Gasteiger partial charge in [-0.25, -0.2) is 4.39 Å². The number of hydrogen-bond acceptors (Lipinski definition) is 3. The highest BCUT2D eigenvalue weighted by molar-refractivity contribution is 5.85. The lowest BCUT2D eigenvalue weighted by atomic mass is 10.2. The SMILES string of the molecule is CC(CN)C(=O)NCCOc1ccc(F)cc1.Cl. The summed E-state index contributed by atoms with van der Waals surface area (Å²) < 4.78 is 17.9. The van der Waals surface area contributed by atoms with Crippen LogP contribution in [-0.4, -0.2) is 25.6 Å². The molecule has 1 aromatic rings. The van der Waals surface area contributed by atoms with Gasteiger partial charge < -0.3 is 15.8 Å². The van der Waals surface area contributed by atoms with E-state index in [1.807, 2.05) is 0 Å². The van der Waals surface area contributed by atoms with Gasteiger partial charge in [-0.15, -0.1) is 12.4 Å². The Labute approximate surface area is 112 Å². The van der Waals surface area contributed by atoms with Crippen LogP contribution in [0.25, 0.3) is 0 Å². The normalized spacial score (nSPS) is 11.3. The number of hydrogen-bond donors (Lipinski definition) is 2. The summed E-state index contributed by atoms with van der Waals surface area (Å²) in [7, 11) is 0. The molecule has 6 heteroatoms. The first-order chi connectivity index (χ1) is 8.13. The quantitative estimate of drug-likeness (QED) is 0.771. The molecule has 0 aromatic heterocycles. The summed E-state index contributed by atoms with van der Waals surface area (Å²) in [6.07, 6.45) is 0. The van der Waals surface area contributed by atoms with E-state index in [0.29, 0.717) is 25.4 Å². The van der Waals surface area contributed by atoms with Crippen LogP contribution < -0.4 is 15.8 Å². The lowest BCUT2D eigenvalue weighted by molar-refractivity contribution is -0.124. The number of halogens is 2. The van der Waals surface area contributed by atoms with E-state index < -0.39 is 0 Å². The van der Waals surface area contributed by atoms with E-state index >= 15 is 0 Å². The zero-order valence-corrected chi connectivity index (χ0v) is 11.0. The third-order valence-corrected chi connectivity index (χ3v) is 2.28. The van der Waals surface area contributed by atoms with Gasteiger partial charge in [0, 0.05) is 12.5 Å². The van der Waals surface area contributed by atoms with Crippen LogP contribution in [0.2, 0.25) is 0 Å². The van der Waals surface area contributed by atoms with Gasteiger partial charge in [0.1, 0.15) is 18.2 Å². The highest BCUT2D eigenvalue weighted by Gasteiger charge is 2.09. The van der Waals surface area contributed by atoms with E-state index in [9.17, 15) is 9.18 Å². The van der Waals surface area contributed by atoms with Gasteiger partial charge in [0.05, 0.1) is 6.54 Å². The molecule has 4 nitrogen and oxygen atoms in total. The molecule has 1 amide bonds. The molecule has 3 N–H and O–H groups in total. The molecule has 1 unspecified atom stereocenters. The van der Waals surface area contributed by atoms with Crippen LogP contribution >= 0.6 is 12.4 Å². The number of rotatable bonds is 6. The molecule has 0 saturated heterocycles. The van der Waals surface area contributed by atoms with Crippen LogP contribution in [0.5, 0.6) is 5.75 Å². The van der Waals surface area contributed by atoms with Crippen molar-refractivity contribution in [2.24, 2.45) is 11.7 Å². The minimum atomic E-state index is -0.303. The first-order valence-corrected chi connectivity index (χ1v) is 5.49. The number of benzene rings is 1. The van der Waals surface area contributed by atoms with Crippen molar-refractivity contribution in [2.45, 2.75) is 6.92 Å². The van der Waals surface area contributed by atoms with Gasteiger partial charge in [-0.3, -0.25) is 4.79 Å². The summed E-state index contributed by atoms with van der Waals surface area (Å²) in [5.41, 5.74) is 5.35. The molecule has 18 heavy (non-hydrogen) atoms. The van der Waals surface area contributed by atoms with Gasteiger partial charge in [0.2, 0.25) is 5.91 Å². The van der Waals surface area contributed by atoms with Gasteiger partial charge in [-0.05, 0) is 24.3 Å². The Bertz CT molecular complexity index is 360. The fourth-order valence-corrected chi connectivity index (χ4v) is 1.16. The number of carbonyl (C=O) groups excluding carboxylic acids is 1. The van der Waals surface area contributed by atoms with E-state index in [1.165, 1.54) is 12.1 Å². The lowest BCUT2D eigenvalue weighted by Crippen LogP contribution is -2.35. The Morgan fingerprint density at radius 3 is 2.61 bits per heavy atom. The van der Waals surface area contributed by atoms with Crippen LogP contribution in [0.3, 0.4) is 0 Å². The Balaban J connectivity index is 0.00000289.